The average Bonchev–Trinajstić information content (AvgIpc) is 2.63. The number of nitrogens with one attached hydrogen (secondary N) is 2. The van der Waals surface area contributed by atoms with Gasteiger partial charge in [-0.3, -0.25) is 0 Å². The summed E-state index contributed by atoms with van der Waals surface area (Å²) in [6.07, 6.45) is 3.08. The smallest absolute Gasteiger partial charge is 0.0713 e. The van der Waals surface area contributed by atoms with Crippen LogP contribution in [0.2, 0.25) is 0 Å². The highest BCUT2D eigenvalue weighted by molar-refractivity contribution is 6.17. The van der Waals surface area contributed by atoms with Crippen molar-refractivity contribution in [2.75, 3.05) is 12.5 Å². The van der Waals surface area contributed by atoms with E-state index in [1.807, 2.05) is 6.07 Å². The van der Waals surface area contributed by atoms with E-state index in [9.17, 15) is 0 Å². The molecule has 2 rings (SSSR count). The minimum absolute atomic E-state index is 0.516. The van der Waals surface area contributed by atoms with Crippen molar-refractivity contribution in [3.05, 3.63) is 36.0 Å². The number of aromatic nitrogens is 1. The highest BCUT2D eigenvalue weighted by Crippen LogP contribution is 2.17. The molecule has 1 aromatic carbocycles. The summed E-state index contributed by atoms with van der Waals surface area (Å²) in [5.74, 6) is 0. The summed E-state index contributed by atoms with van der Waals surface area (Å²) < 4.78 is 0. The molecule has 0 aliphatic carbocycles. The van der Waals surface area contributed by atoms with E-state index in [2.05, 4.69) is 34.7 Å². The fourth-order valence-corrected chi connectivity index (χ4v) is 1.76. The molecule has 1 heterocycles. The van der Waals surface area contributed by atoms with Gasteiger partial charge in [0.25, 0.3) is 0 Å². The molecule has 0 saturated carbocycles. The number of alkyl halides is 1. The summed E-state index contributed by atoms with van der Waals surface area (Å²) in [6.45, 7) is 0.922. The molecule has 0 atom stereocenters. The standard InChI is InChI=1S/C11H13ClN2/c12-8-13-6-5-9-7-14-11-4-2-1-3-10(9)11/h1-4,7,13-14H,5-6,8H2. The molecule has 14 heavy (non-hydrogen) atoms. The van der Waals surface area contributed by atoms with Crippen LogP contribution in [0.15, 0.2) is 30.5 Å². The normalized spacial score (nSPS) is 10.9. The van der Waals surface area contributed by atoms with E-state index in [0.717, 1.165) is 13.0 Å². The summed E-state index contributed by atoms with van der Waals surface area (Å²) in [5, 5.41) is 4.41. The lowest BCUT2D eigenvalue weighted by Gasteiger charge is -1.99. The molecule has 0 fully saturated rings. The van der Waals surface area contributed by atoms with Crippen molar-refractivity contribution in [2.24, 2.45) is 0 Å². The molecule has 0 unspecified atom stereocenters. The quantitative estimate of drug-likeness (QED) is 0.451. The second-order valence-electron chi connectivity index (χ2n) is 3.24. The van der Waals surface area contributed by atoms with Crippen LogP contribution in [0, 0.1) is 0 Å². The van der Waals surface area contributed by atoms with Gasteiger partial charge in [-0.05, 0) is 18.1 Å². The van der Waals surface area contributed by atoms with E-state index in [4.69, 9.17) is 11.6 Å². The van der Waals surface area contributed by atoms with Gasteiger partial charge in [0.05, 0.1) is 6.00 Å². The zero-order valence-corrected chi connectivity index (χ0v) is 8.64. The molecule has 0 spiro atoms. The minimum Gasteiger partial charge on any atom is -0.361 e. The number of aromatic amines is 1. The first kappa shape index (κ1) is 9.56. The van der Waals surface area contributed by atoms with Gasteiger partial charge in [0.2, 0.25) is 0 Å². The molecule has 2 nitrogen and oxygen atoms in total. The van der Waals surface area contributed by atoms with Crippen LogP contribution in [0.1, 0.15) is 5.56 Å². The molecule has 2 N–H and O–H groups in total. The first-order chi connectivity index (χ1) is 6.92. The van der Waals surface area contributed by atoms with E-state index >= 15 is 0 Å². The number of H-pyrrole nitrogens is 1. The fraction of sp³-hybridized carbons (Fsp3) is 0.273. The number of rotatable bonds is 4. The topological polar surface area (TPSA) is 27.8 Å². The van der Waals surface area contributed by atoms with Gasteiger partial charge in [0.15, 0.2) is 0 Å². The number of benzene rings is 1. The maximum absolute atomic E-state index is 5.54. The molecule has 0 saturated heterocycles. The van der Waals surface area contributed by atoms with Crippen LogP contribution in [0.5, 0.6) is 0 Å². The van der Waals surface area contributed by atoms with Crippen LogP contribution in [-0.2, 0) is 6.42 Å². The van der Waals surface area contributed by atoms with Crippen molar-refractivity contribution >= 4 is 22.5 Å². The second kappa shape index (κ2) is 4.49. The molecule has 0 aliphatic rings. The molecule has 74 valence electrons. The number of fused-ring (bicyclic) bond motifs is 1. The van der Waals surface area contributed by atoms with Crippen molar-refractivity contribution in [3.8, 4) is 0 Å². The Morgan fingerprint density at radius 3 is 3.00 bits per heavy atom. The molecule has 3 heteroatoms. The molecule has 0 radical (unpaired) electrons. The van der Waals surface area contributed by atoms with Crippen molar-refractivity contribution < 1.29 is 0 Å². The Kier molecular flexibility index (Phi) is 3.07. The van der Waals surface area contributed by atoms with E-state index < -0.39 is 0 Å². The summed E-state index contributed by atoms with van der Waals surface area (Å²) in [5.41, 5.74) is 2.55. The summed E-state index contributed by atoms with van der Waals surface area (Å²) in [6, 6.07) is 8.85. The van der Waals surface area contributed by atoms with Crippen molar-refractivity contribution in [3.63, 3.8) is 0 Å². The maximum Gasteiger partial charge on any atom is 0.0713 e. The van der Waals surface area contributed by atoms with Gasteiger partial charge in [-0.2, -0.15) is 0 Å². The Labute approximate surface area is 88.3 Å². The van der Waals surface area contributed by atoms with E-state index in [1.165, 1.54) is 16.5 Å². The Morgan fingerprint density at radius 1 is 1.29 bits per heavy atom. The fourth-order valence-electron chi connectivity index (χ4n) is 1.63. The van der Waals surface area contributed by atoms with Crippen LogP contribution in [0.25, 0.3) is 10.9 Å². The van der Waals surface area contributed by atoms with Crippen molar-refractivity contribution in [1.82, 2.24) is 10.3 Å². The molecule has 0 aliphatic heterocycles. The Hall–Kier alpha value is -0.990. The first-order valence-electron chi connectivity index (χ1n) is 4.73. The van der Waals surface area contributed by atoms with Gasteiger partial charge < -0.3 is 10.3 Å². The molecular formula is C11H13ClN2. The molecule has 0 amide bonds. The highest BCUT2D eigenvalue weighted by atomic mass is 35.5. The summed E-state index contributed by atoms with van der Waals surface area (Å²) in [4.78, 5) is 3.25. The van der Waals surface area contributed by atoms with Crippen LogP contribution in [0.3, 0.4) is 0 Å². The van der Waals surface area contributed by atoms with Gasteiger partial charge in [0.1, 0.15) is 0 Å². The third-order valence-electron chi connectivity index (χ3n) is 2.34. The predicted octanol–water partition coefficient (Wildman–Crippen LogP) is 2.50. The number of para-hydroxylation sites is 1. The average molecular weight is 209 g/mol. The van der Waals surface area contributed by atoms with Crippen molar-refractivity contribution in [1.29, 1.82) is 0 Å². The third kappa shape index (κ3) is 1.91. The molecular weight excluding hydrogens is 196 g/mol. The van der Waals surface area contributed by atoms with Crippen molar-refractivity contribution in [2.45, 2.75) is 6.42 Å². The van der Waals surface area contributed by atoms with Gasteiger partial charge in [-0.25, -0.2) is 0 Å². The van der Waals surface area contributed by atoms with Crippen LogP contribution in [0.4, 0.5) is 0 Å². The second-order valence-corrected chi connectivity index (χ2v) is 3.51. The zero-order chi connectivity index (χ0) is 9.80. The molecule has 1 aromatic heterocycles. The van der Waals surface area contributed by atoms with Crippen LogP contribution in [-0.4, -0.2) is 17.5 Å². The lowest BCUT2D eigenvalue weighted by molar-refractivity contribution is 0.773. The lowest BCUT2D eigenvalue weighted by Crippen LogP contribution is -2.14. The largest absolute Gasteiger partial charge is 0.361 e. The Balaban J connectivity index is 2.17. The Bertz CT molecular complexity index is 408. The third-order valence-corrected chi connectivity index (χ3v) is 2.53. The molecule has 2 aromatic rings. The zero-order valence-electron chi connectivity index (χ0n) is 7.89. The molecule has 0 bridgehead atoms. The monoisotopic (exact) mass is 208 g/mol. The Morgan fingerprint density at radius 2 is 2.14 bits per heavy atom. The number of hydrogen-bond acceptors (Lipinski definition) is 1. The van der Waals surface area contributed by atoms with E-state index in [-0.39, 0.29) is 0 Å². The van der Waals surface area contributed by atoms with Gasteiger partial charge in [-0.15, -0.1) is 11.6 Å². The van der Waals surface area contributed by atoms with Gasteiger partial charge in [-0.1, -0.05) is 18.2 Å². The van der Waals surface area contributed by atoms with E-state index in [1.54, 1.807) is 0 Å². The minimum atomic E-state index is 0.516. The number of hydrogen-bond donors (Lipinski definition) is 2. The van der Waals surface area contributed by atoms with Gasteiger partial charge >= 0.3 is 0 Å². The maximum atomic E-state index is 5.54. The lowest BCUT2D eigenvalue weighted by atomic mass is 10.1. The van der Waals surface area contributed by atoms with E-state index in [0.29, 0.717) is 6.00 Å². The van der Waals surface area contributed by atoms with Gasteiger partial charge in [0, 0.05) is 23.6 Å². The SMILES string of the molecule is ClCNCCc1c[nH]c2ccccc12. The highest BCUT2D eigenvalue weighted by Gasteiger charge is 2.01. The summed E-state index contributed by atoms with van der Waals surface area (Å²) in [7, 11) is 0. The summed E-state index contributed by atoms with van der Waals surface area (Å²) >= 11 is 5.54. The predicted molar refractivity (Wildman–Crippen MR) is 60.7 cm³/mol. The number of halogens is 1. The van der Waals surface area contributed by atoms with Crippen LogP contribution < -0.4 is 5.32 Å². The van der Waals surface area contributed by atoms with Crippen LogP contribution >= 0.6 is 11.6 Å². The first-order valence-corrected chi connectivity index (χ1v) is 5.27.